The normalized spacial score (nSPS) is 12.3. The Balaban J connectivity index is 1.99. The third-order valence-electron chi connectivity index (χ3n) is 4.29. The molecule has 0 saturated carbocycles. The summed E-state index contributed by atoms with van der Waals surface area (Å²) in [7, 11) is 5.65. The van der Waals surface area contributed by atoms with Gasteiger partial charge in [0.25, 0.3) is 11.5 Å². The summed E-state index contributed by atoms with van der Waals surface area (Å²) in [4.78, 5) is 26.5. The highest BCUT2D eigenvalue weighted by Crippen LogP contribution is 2.16. The van der Waals surface area contributed by atoms with E-state index in [1.807, 2.05) is 44.4 Å². The van der Waals surface area contributed by atoms with Crippen molar-refractivity contribution in [3.05, 3.63) is 76.2 Å². The number of carbonyl (C=O) groups excluding carboxylic acids is 1. The molecule has 0 bridgehead atoms. The summed E-state index contributed by atoms with van der Waals surface area (Å²) in [6, 6.07) is 16.8. The molecule has 134 valence electrons. The standard InChI is InChI=1S/C20H22N4O2/c1-23(2)13-17(14-9-5-4-6-10-14)21-19(25)18-15-11-7-8-12-16(15)20(26)24(3)22-18/h4-12,17H,13H2,1-3H3,(H,21,25)/p+1/t17-/m0/s1. The van der Waals surface area contributed by atoms with Gasteiger partial charge in [0.1, 0.15) is 12.6 Å². The maximum absolute atomic E-state index is 13.0. The lowest BCUT2D eigenvalue weighted by Crippen LogP contribution is -3.06. The SMILES string of the molecule is Cn1nc(C(=O)N[C@@H](C[NH+](C)C)c2ccccc2)c2ccccc2c1=O. The molecule has 0 spiro atoms. The molecule has 2 aromatic carbocycles. The van der Waals surface area contributed by atoms with E-state index in [0.29, 0.717) is 10.8 Å². The number of benzene rings is 2. The highest BCUT2D eigenvalue weighted by Gasteiger charge is 2.22. The van der Waals surface area contributed by atoms with Crippen molar-refractivity contribution < 1.29 is 9.69 Å². The zero-order valence-corrected chi connectivity index (χ0v) is 15.2. The fourth-order valence-electron chi connectivity index (χ4n) is 3.04. The third kappa shape index (κ3) is 3.65. The molecule has 0 radical (unpaired) electrons. The minimum atomic E-state index is -0.285. The van der Waals surface area contributed by atoms with Crippen LogP contribution in [0.5, 0.6) is 0 Å². The van der Waals surface area contributed by atoms with Gasteiger partial charge in [-0.15, -0.1) is 0 Å². The van der Waals surface area contributed by atoms with E-state index in [9.17, 15) is 9.59 Å². The number of amides is 1. The Labute approximate surface area is 152 Å². The number of rotatable bonds is 5. The number of nitrogens with zero attached hydrogens (tertiary/aromatic N) is 2. The molecular weight excluding hydrogens is 328 g/mol. The smallest absolute Gasteiger partial charge is 0.274 e. The molecule has 1 amide bonds. The second kappa shape index (κ2) is 7.49. The Morgan fingerprint density at radius 3 is 2.35 bits per heavy atom. The van der Waals surface area contributed by atoms with Crippen molar-refractivity contribution in [1.29, 1.82) is 0 Å². The number of nitrogens with one attached hydrogen (secondary N) is 2. The van der Waals surface area contributed by atoms with Gasteiger partial charge >= 0.3 is 0 Å². The van der Waals surface area contributed by atoms with Gasteiger partial charge < -0.3 is 10.2 Å². The number of hydrogen-bond acceptors (Lipinski definition) is 3. The molecule has 2 N–H and O–H groups in total. The highest BCUT2D eigenvalue weighted by molar-refractivity contribution is 6.04. The van der Waals surface area contributed by atoms with Gasteiger partial charge in [-0.25, -0.2) is 4.68 Å². The van der Waals surface area contributed by atoms with Crippen LogP contribution >= 0.6 is 0 Å². The van der Waals surface area contributed by atoms with E-state index in [1.54, 1.807) is 31.3 Å². The molecule has 1 aromatic heterocycles. The van der Waals surface area contributed by atoms with E-state index in [1.165, 1.54) is 9.58 Å². The predicted octanol–water partition coefficient (Wildman–Crippen LogP) is 0.549. The Morgan fingerprint density at radius 2 is 1.69 bits per heavy atom. The van der Waals surface area contributed by atoms with Crippen LogP contribution in [-0.2, 0) is 7.05 Å². The first-order valence-corrected chi connectivity index (χ1v) is 8.58. The second-order valence-corrected chi connectivity index (χ2v) is 6.67. The summed E-state index contributed by atoms with van der Waals surface area (Å²) in [5.41, 5.74) is 1.09. The number of hydrogen-bond donors (Lipinski definition) is 2. The monoisotopic (exact) mass is 351 g/mol. The molecule has 6 heteroatoms. The molecule has 1 heterocycles. The lowest BCUT2D eigenvalue weighted by Gasteiger charge is -2.21. The molecule has 1 atom stereocenters. The Hall–Kier alpha value is -2.99. The second-order valence-electron chi connectivity index (χ2n) is 6.67. The number of fused-ring (bicyclic) bond motifs is 1. The minimum Gasteiger partial charge on any atom is -0.338 e. The van der Waals surface area contributed by atoms with Crippen molar-refractivity contribution in [3.63, 3.8) is 0 Å². The van der Waals surface area contributed by atoms with Crippen LogP contribution in [0, 0.1) is 0 Å². The molecule has 3 aromatic rings. The van der Waals surface area contributed by atoms with E-state index in [-0.39, 0.29) is 23.2 Å². The molecule has 0 fully saturated rings. The van der Waals surface area contributed by atoms with Gasteiger partial charge in [-0.1, -0.05) is 48.5 Å². The van der Waals surface area contributed by atoms with Crippen LogP contribution in [0.1, 0.15) is 22.1 Å². The molecule has 6 nitrogen and oxygen atoms in total. The van der Waals surface area contributed by atoms with Crippen molar-refractivity contribution in [3.8, 4) is 0 Å². The van der Waals surface area contributed by atoms with Crippen LogP contribution in [0.4, 0.5) is 0 Å². The first-order chi connectivity index (χ1) is 12.5. The quantitative estimate of drug-likeness (QED) is 0.705. The van der Waals surface area contributed by atoms with E-state index < -0.39 is 0 Å². The molecular formula is C20H23N4O2+. The summed E-state index contributed by atoms with van der Waals surface area (Å²) in [6.07, 6.45) is 0. The Morgan fingerprint density at radius 1 is 1.08 bits per heavy atom. The predicted molar refractivity (Wildman–Crippen MR) is 101 cm³/mol. The van der Waals surface area contributed by atoms with E-state index in [2.05, 4.69) is 10.4 Å². The van der Waals surface area contributed by atoms with Crippen LogP contribution in [-0.4, -0.2) is 36.3 Å². The number of carbonyl (C=O) groups is 1. The summed E-state index contributed by atoms with van der Waals surface area (Å²) >= 11 is 0. The van der Waals surface area contributed by atoms with E-state index in [4.69, 9.17) is 0 Å². The number of likely N-dealkylation sites (N-methyl/N-ethyl adjacent to an activating group) is 1. The van der Waals surface area contributed by atoms with Gasteiger partial charge in [-0.05, 0) is 11.6 Å². The van der Waals surface area contributed by atoms with Crippen LogP contribution in [0.2, 0.25) is 0 Å². The summed E-state index contributed by atoms with van der Waals surface area (Å²) in [5, 5.41) is 8.35. The summed E-state index contributed by atoms with van der Waals surface area (Å²) in [5.74, 6) is -0.285. The molecule has 0 saturated heterocycles. The zero-order chi connectivity index (χ0) is 18.7. The molecule has 3 rings (SSSR count). The topological polar surface area (TPSA) is 68.4 Å². The van der Waals surface area contributed by atoms with Gasteiger partial charge in [0.05, 0.1) is 19.5 Å². The summed E-state index contributed by atoms with van der Waals surface area (Å²) < 4.78 is 1.21. The van der Waals surface area contributed by atoms with Crippen molar-refractivity contribution >= 4 is 16.7 Å². The van der Waals surface area contributed by atoms with Crippen molar-refractivity contribution in [2.45, 2.75) is 6.04 Å². The van der Waals surface area contributed by atoms with Gasteiger partial charge in [-0.2, -0.15) is 5.10 Å². The Kier molecular flexibility index (Phi) is 5.14. The number of aryl methyl sites for hydroxylation is 1. The Bertz CT molecular complexity index is 980. The van der Waals surface area contributed by atoms with Crippen LogP contribution in [0.25, 0.3) is 10.8 Å². The molecule has 26 heavy (non-hydrogen) atoms. The molecule has 0 unspecified atom stereocenters. The van der Waals surface area contributed by atoms with Gasteiger partial charge in [0.15, 0.2) is 5.69 Å². The van der Waals surface area contributed by atoms with Crippen molar-refractivity contribution in [2.75, 3.05) is 20.6 Å². The average Bonchev–Trinajstić information content (AvgIpc) is 2.64. The van der Waals surface area contributed by atoms with Crippen molar-refractivity contribution in [1.82, 2.24) is 15.1 Å². The lowest BCUT2D eigenvalue weighted by atomic mass is 10.1. The third-order valence-corrected chi connectivity index (χ3v) is 4.29. The minimum absolute atomic E-state index is 0.147. The zero-order valence-electron chi connectivity index (χ0n) is 15.2. The molecule has 0 aliphatic heterocycles. The van der Waals surface area contributed by atoms with Crippen LogP contribution in [0.15, 0.2) is 59.4 Å². The fraction of sp³-hybridized carbons (Fsp3) is 0.250. The van der Waals surface area contributed by atoms with Gasteiger partial charge in [0.2, 0.25) is 0 Å². The fourth-order valence-corrected chi connectivity index (χ4v) is 3.04. The highest BCUT2D eigenvalue weighted by atomic mass is 16.2. The van der Waals surface area contributed by atoms with Crippen LogP contribution in [0.3, 0.4) is 0 Å². The van der Waals surface area contributed by atoms with Gasteiger partial charge in [0, 0.05) is 12.4 Å². The molecule has 0 aliphatic rings. The van der Waals surface area contributed by atoms with E-state index in [0.717, 1.165) is 12.1 Å². The molecule has 0 aliphatic carbocycles. The number of aromatic nitrogens is 2. The van der Waals surface area contributed by atoms with Gasteiger partial charge in [-0.3, -0.25) is 9.59 Å². The first kappa shape index (κ1) is 17.8. The van der Waals surface area contributed by atoms with Crippen LogP contribution < -0.4 is 15.8 Å². The van der Waals surface area contributed by atoms with E-state index >= 15 is 0 Å². The van der Waals surface area contributed by atoms with Crippen molar-refractivity contribution in [2.24, 2.45) is 7.05 Å². The first-order valence-electron chi connectivity index (χ1n) is 8.58. The average molecular weight is 351 g/mol. The maximum atomic E-state index is 13.0. The number of quaternary nitrogens is 1. The maximum Gasteiger partial charge on any atom is 0.274 e. The largest absolute Gasteiger partial charge is 0.338 e. The lowest BCUT2D eigenvalue weighted by molar-refractivity contribution is -0.860. The summed E-state index contributed by atoms with van der Waals surface area (Å²) in [6.45, 7) is 0.736.